The molecule has 0 radical (unpaired) electrons. The van der Waals surface area contributed by atoms with Crippen LogP contribution >= 0.6 is 0 Å². The summed E-state index contributed by atoms with van der Waals surface area (Å²) in [6, 6.07) is 10.3. The van der Waals surface area contributed by atoms with E-state index in [4.69, 9.17) is 0 Å². The van der Waals surface area contributed by atoms with Crippen molar-refractivity contribution in [2.24, 2.45) is 0 Å². The number of hydrogen-bond acceptors (Lipinski definition) is 2. The van der Waals surface area contributed by atoms with Gasteiger partial charge in [0.2, 0.25) is 5.91 Å². The van der Waals surface area contributed by atoms with E-state index in [0.717, 1.165) is 25.0 Å². The van der Waals surface area contributed by atoms with Crippen molar-refractivity contribution in [3.05, 3.63) is 47.2 Å². The Morgan fingerprint density at radius 1 is 1.15 bits per heavy atom. The van der Waals surface area contributed by atoms with Gasteiger partial charge in [0.05, 0.1) is 0 Å². The molecule has 20 heavy (non-hydrogen) atoms. The van der Waals surface area contributed by atoms with Gasteiger partial charge in [-0.1, -0.05) is 38.1 Å². The number of aromatic amines is 1. The normalized spacial score (nSPS) is 10.5. The number of nitrogens with zero attached hydrogens (tertiary/aromatic N) is 1. The largest absolute Gasteiger partial charge is 0.309 e. The Balaban J connectivity index is 1.82. The van der Waals surface area contributed by atoms with Crippen LogP contribution in [0.3, 0.4) is 0 Å². The van der Waals surface area contributed by atoms with Crippen LogP contribution in [0.4, 0.5) is 5.82 Å². The molecule has 4 nitrogen and oxygen atoms in total. The number of amides is 1. The highest BCUT2D eigenvalue weighted by Gasteiger charge is 2.06. The summed E-state index contributed by atoms with van der Waals surface area (Å²) in [7, 11) is 0. The van der Waals surface area contributed by atoms with Crippen LogP contribution in [0.1, 0.15) is 37.1 Å². The zero-order valence-electron chi connectivity index (χ0n) is 12.1. The van der Waals surface area contributed by atoms with Crippen molar-refractivity contribution < 1.29 is 4.79 Å². The lowest BCUT2D eigenvalue weighted by Crippen LogP contribution is -2.12. The van der Waals surface area contributed by atoms with E-state index in [-0.39, 0.29) is 5.91 Å². The van der Waals surface area contributed by atoms with Crippen molar-refractivity contribution in [1.29, 1.82) is 0 Å². The van der Waals surface area contributed by atoms with Gasteiger partial charge < -0.3 is 5.32 Å². The first-order chi connectivity index (χ1) is 9.71. The van der Waals surface area contributed by atoms with Gasteiger partial charge in [-0.3, -0.25) is 9.89 Å². The van der Waals surface area contributed by atoms with Crippen molar-refractivity contribution in [1.82, 2.24) is 10.2 Å². The second kappa shape index (κ2) is 6.89. The fraction of sp³-hybridized carbons (Fsp3) is 0.375. The zero-order valence-corrected chi connectivity index (χ0v) is 12.1. The number of carbonyl (C=O) groups excluding carboxylic acids is 1. The van der Waals surface area contributed by atoms with E-state index in [0.29, 0.717) is 12.2 Å². The Kier molecular flexibility index (Phi) is 4.93. The lowest BCUT2D eigenvalue weighted by Gasteiger charge is -2.03. The van der Waals surface area contributed by atoms with Crippen molar-refractivity contribution in [2.45, 2.75) is 39.5 Å². The van der Waals surface area contributed by atoms with Gasteiger partial charge in [0.25, 0.3) is 0 Å². The van der Waals surface area contributed by atoms with Gasteiger partial charge in [0.1, 0.15) is 0 Å². The molecule has 0 aliphatic heterocycles. The Morgan fingerprint density at radius 3 is 2.45 bits per heavy atom. The molecule has 0 aliphatic rings. The Bertz CT molecular complexity index is 557. The predicted octanol–water partition coefficient (Wildman–Crippen LogP) is 3.11. The lowest BCUT2D eigenvalue weighted by molar-refractivity contribution is -0.116. The minimum Gasteiger partial charge on any atom is -0.309 e. The van der Waals surface area contributed by atoms with E-state index in [9.17, 15) is 4.79 Å². The molecule has 1 aromatic carbocycles. The zero-order chi connectivity index (χ0) is 14.4. The average molecular weight is 271 g/mol. The number of nitrogens with one attached hydrogen (secondary N) is 2. The molecule has 1 heterocycles. The van der Waals surface area contributed by atoms with Crippen LogP contribution in [0.2, 0.25) is 0 Å². The maximum Gasteiger partial charge on any atom is 0.225 e. The van der Waals surface area contributed by atoms with Crippen LogP contribution in [-0.4, -0.2) is 16.1 Å². The molecule has 0 spiro atoms. The summed E-state index contributed by atoms with van der Waals surface area (Å²) in [5.41, 5.74) is 3.53. The summed E-state index contributed by atoms with van der Waals surface area (Å²) < 4.78 is 0. The number of benzene rings is 1. The first-order valence-electron chi connectivity index (χ1n) is 7.13. The van der Waals surface area contributed by atoms with Crippen LogP contribution in [0.15, 0.2) is 30.3 Å². The maximum absolute atomic E-state index is 11.8. The highest BCUT2D eigenvalue weighted by atomic mass is 16.1. The van der Waals surface area contributed by atoms with Crippen molar-refractivity contribution in [2.75, 3.05) is 5.32 Å². The fourth-order valence-electron chi connectivity index (χ4n) is 2.01. The van der Waals surface area contributed by atoms with Crippen LogP contribution in [0.5, 0.6) is 0 Å². The molecule has 2 rings (SSSR count). The summed E-state index contributed by atoms with van der Waals surface area (Å²) in [6.45, 7) is 4.18. The third kappa shape index (κ3) is 3.95. The molecule has 0 fully saturated rings. The van der Waals surface area contributed by atoms with E-state index in [2.05, 4.69) is 46.7 Å². The first-order valence-corrected chi connectivity index (χ1v) is 7.13. The molecule has 1 amide bonds. The predicted molar refractivity (Wildman–Crippen MR) is 80.7 cm³/mol. The Hall–Kier alpha value is -2.10. The summed E-state index contributed by atoms with van der Waals surface area (Å²) in [4.78, 5) is 11.8. The van der Waals surface area contributed by atoms with E-state index in [1.54, 1.807) is 0 Å². The molecule has 0 bridgehead atoms. The summed E-state index contributed by atoms with van der Waals surface area (Å²) >= 11 is 0. The molecule has 2 N–H and O–H groups in total. The van der Waals surface area contributed by atoms with Crippen LogP contribution < -0.4 is 5.32 Å². The van der Waals surface area contributed by atoms with Crippen molar-refractivity contribution in [3.8, 4) is 0 Å². The van der Waals surface area contributed by atoms with Gasteiger partial charge in [0, 0.05) is 18.2 Å². The van der Waals surface area contributed by atoms with Crippen molar-refractivity contribution in [3.63, 3.8) is 0 Å². The second-order valence-electron chi connectivity index (χ2n) is 4.85. The molecule has 0 saturated heterocycles. The monoisotopic (exact) mass is 271 g/mol. The number of H-pyrrole nitrogens is 1. The van der Waals surface area contributed by atoms with Gasteiger partial charge in [-0.05, 0) is 30.4 Å². The molecule has 1 aromatic heterocycles. The number of anilines is 1. The molecule has 0 saturated carbocycles. The molecule has 4 heteroatoms. The van der Waals surface area contributed by atoms with Crippen LogP contribution in [-0.2, 0) is 24.1 Å². The number of aryl methyl sites for hydroxylation is 3. The minimum atomic E-state index is -0.00118. The maximum atomic E-state index is 11.8. The van der Waals surface area contributed by atoms with Gasteiger partial charge in [-0.15, -0.1) is 0 Å². The lowest BCUT2D eigenvalue weighted by atomic mass is 10.1. The van der Waals surface area contributed by atoms with E-state index in [1.807, 2.05) is 13.0 Å². The Morgan fingerprint density at radius 2 is 1.85 bits per heavy atom. The number of rotatable bonds is 6. The van der Waals surface area contributed by atoms with Crippen LogP contribution in [0.25, 0.3) is 0 Å². The summed E-state index contributed by atoms with van der Waals surface area (Å²) in [5, 5.41) is 9.74. The minimum absolute atomic E-state index is 0.00118. The number of hydrogen-bond donors (Lipinski definition) is 2. The quantitative estimate of drug-likeness (QED) is 0.848. The van der Waals surface area contributed by atoms with Crippen LogP contribution in [0, 0.1) is 0 Å². The van der Waals surface area contributed by atoms with Gasteiger partial charge in [-0.2, -0.15) is 5.10 Å². The SMILES string of the molecule is CCc1ccc(CCC(=O)Nc2cc(CC)[nH]n2)cc1. The first kappa shape index (κ1) is 14.3. The topological polar surface area (TPSA) is 57.8 Å². The van der Waals surface area contributed by atoms with E-state index < -0.39 is 0 Å². The molecule has 106 valence electrons. The third-order valence-corrected chi connectivity index (χ3v) is 3.35. The number of carbonyl (C=O) groups is 1. The second-order valence-corrected chi connectivity index (χ2v) is 4.85. The highest BCUT2D eigenvalue weighted by molar-refractivity contribution is 5.89. The smallest absolute Gasteiger partial charge is 0.225 e. The molecule has 2 aromatic rings. The molecule has 0 aliphatic carbocycles. The summed E-state index contributed by atoms with van der Waals surface area (Å²) in [5.74, 6) is 0.604. The average Bonchev–Trinajstić information content (AvgIpc) is 2.93. The summed E-state index contributed by atoms with van der Waals surface area (Å²) in [6.07, 6.45) is 3.15. The van der Waals surface area contributed by atoms with Crippen molar-refractivity contribution >= 4 is 11.7 Å². The standard InChI is InChI=1S/C16H21N3O/c1-3-12-5-7-13(8-6-12)9-10-16(20)17-15-11-14(4-2)18-19-15/h5-8,11H,3-4,9-10H2,1-2H3,(H2,17,18,19,20). The molecular formula is C16H21N3O. The fourth-order valence-corrected chi connectivity index (χ4v) is 2.01. The highest BCUT2D eigenvalue weighted by Crippen LogP contribution is 2.09. The third-order valence-electron chi connectivity index (χ3n) is 3.35. The van der Waals surface area contributed by atoms with Gasteiger partial charge in [-0.25, -0.2) is 0 Å². The van der Waals surface area contributed by atoms with Gasteiger partial charge in [0.15, 0.2) is 5.82 Å². The Labute approximate surface area is 119 Å². The van der Waals surface area contributed by atoms with E-state index in [1.165, 1.54) is 11.1 Å². The number of aromatic nitrogens is 2. The van der Waals surface area contributed by atoms with E-state index >= 15 is 0 Å². The van der Waals surface area contributed by atoms with Gasteiger partial charge >= 0.3 is 0 Å². The molecular weight excluding hydrogens is 250 g/mol. The molecule has 0 unspecified atom stereocenters. The molecule has 0 atom stereocenters.